The Morgan fingerprint density at radius 1 is 1.17 bits per heavy atom. The summed E-state index contributed by atoms with van der Waals surface area (Å²) in [7, 11) is -4.14. The Morgan fingerprint density at radius 2 is 1.88 bits per heavy atom. The van der Waals surface area contributed by atoms with Crippen molar-refractivity contribution in [2.45, 2.75) is 11.1 Å². The van der Waals surface area contributed by atoms with E-state index in [1.165, 1.54) is 12.1 Å². The summed E-state index contributed by atoms with van der Waals surface area (Å²) in [6.07, 6.45) is -4.01. The molecule has 0 amide bonds. The van der Waals surface area contributed by atoms with Gasteiger partial charge in [-0.05, 0) is 30.3 Å². The van der Waals surface area contributed by atoms with E-state index < -0.39 is 27.7 Å². The van der Waals surface area contributed by atoms with Crippen LogP contribution in [0.2, 0.25) is 0 Å². The number of sulfonamides is 1. The number of carboxylic acid groups (broad SMARTS) is 1. The van der Waals surface area contributed by atoms with Gasteiger partial charge in [-0.25, -0.2) is 18.2 Å². The standard InChI is InChI=1S/C13H10F3N3O4S/c14-13(15,16)9-4-5-11(17-7-9)18-19-24(22,23)10-3-1-2-8(6-10)12(20)21/h1-7,19H,(H,17,18)(H,20,21). The van der Waals surface area contributed by atoms with Gasteiger partial charge in [0.1, 0.15) is 5.82 Å². The minimum atomic E-state index is -4.55. The van der Waals surface area contributed by atoms with E-state index in [0.29, 0.717) is 6.20 Å². The van der Waals surface area contributed by atoms with Crippen molar-refractivity contribution in [3.8, 4) is 0 Å². The zero-order valence-corrected chi connectivity index (χ0v) is 12.5. The smallest absolute Gasteiger partial charge is 0.417 e. The lowest BCUT2D eigenvalue weighted by Gasteiger charge is -2.10. The average Bonchev–Trinajstić information content (AvgIpc) is 2.53. The number of alkyl halides is 3. The molecule has 0 fully saturated rings. The molecule has 1 aromatic carbocycles. The van der Waals surface area contributed by atoms with Crippen molar-refractivity contribution >= 4 is 21.8 Å². The molecular formula is C13H10F3N3O4S. The van der Waals surface area contributed by atoms with Crippen LogP contribution in [-0.2, 0) is 16.2 Å². The number of halogens is 3. The number of hydrogen-bond acceptors (Lipinski definition) is 5. The summed E-state index contributed by atoms with van der Waals surface area (Å²) >= 11 is 0. The average molecular weight is 361 g/mol. The molecule has 7 nitrogen and oxygen atoms in total. The van der Waals surface area contributed by atoms with E-state index in [-0.39, 0.29) is 16.3 Å². The number of aromatic nitrogens is 1. The minimum absolute atomic E-state index is 0.166. The summed E-state index contributed by atoms with van der Waals surface area (Å²) < 4.78 is 61.3. The molecular weight excluding hydrogens is 351 g/mol. The number of carboxylic acids is 1. The molecule has 0 unspecified atom stereocenters. The Balaban J connectivity index is 2.13. The van der Waals surface area contributed by atoms with Gasteiger partial charge < -0.3 is 5.11 Å². The lowest BCUT2D eigenvalue weighted by Crippen LogP contribution is -2.30. The van der Waals surface area contributed by atoms with Gasteiger partial charge in [0.2, 0.25) is 0 Å². The first-order valence-electron chi connectivity index (χ1n) is 6.24. The highest BCUT2D eigenvalue weighted by atomic mass is 32.2. The number of anilines is 1. The fourth-order valence-electron chi connectivity index (χ4n) is 1.61. The fraction of sp³-hybridized carbons (Fsp3) is 0.0769. The highest BCUT2D eigenvalue weighted by molar-refractivity contribution is 7.89. The van der Waals surface area contributed by atoms with Gasteiger partial charge in [-0.15, -0.1) is 4.83 Å². The van der Waals surface area contributed by atoms with Gasteiger partial charge in [-0.3, -0.25) is 5.43 Å². The van der Waals surface area contributed by atoms with Crippen LogP contribution in [0.5, 0.6) is 0 Å². The molecule has 0 saturated heterocycles. The van der Waals surface area contributed by atoms with Crippen LogP contribution in [0.15, 0.2) is 47.5 Å². The van der Waals surface area contributed by atoms with Crippen molar-refractivity contribution < 1.29 is 31.5 Å². The van der Waals surface area contributed by atoms with Crippen LogP contribution < -0.4 is 10.3 Å². The number of rotatable bonds is 5. The number of carbonyl (C=O) groups is 1. The Labute approximate surface area is 134 Å². The normalized spacial score (nSPS) is 12.0. The largest absolute Gasteiger partial charge is 0.478 e. The highest BCUT2D eigenvalue weighted by Crippen LogP contribution is 2.28. The second-order valence-corrected chi connectivity index (χ2v) is 6.18. The molecule has 1 heterocycles. The number of pyridine rings is 1. The third-order valence-electron chi connectivity index (χ3n) is 2.80. The summed E-state index contributed by atoms with van der Waals surface area (Å²) in [5.41, 5.74) is 0.935. The Morgan fingerprint density at radius 3 is 2.42 bits per heavy atom. The predicted molar refractivity (Wildman–Crippen MR) is 76.6 cm³/mol. The Kier molecular flexibility index (Phi) is 4.76. The van der Waals surface area contributed by atoms with E-state index in [4.69, 9.17) is 5.11 Å². The van der Waals surface area contributed by atoms with Gasteiger partial charge in [0.05, 0.1) is 16.0 Å². The van der Waals surface area contributed by atoms with E-state index in [1.807, 2.05) is 4.83 Å². The van der Waals surface area contributed by atoms with Crippen LogP contribution in [0.25, 0.3) is 0 Å². The van der Waals surface area contributed by atoms with E-state index in [9.17, 15) is 26.4 Å². The number of nitrogens with one attached hydrogen (secondary N) is 2. The van der Waals surface area contributed by atoms with Crippen LogP contribution in [0, 0.1) is 0 Å². The van der Waals surface area contributed by atoms with Crippen LogP contribution in [0.1, 0.15) is 15.9 Å². The third-order valence-corrected chi connectivity index (χ3v) is 4.04. The zero-order valence-electron chi connectivity index (χ0n) is 11.7. The van der Waals surface area contributed by atoms with Gasteiger partial charge in [0.15, 0.2) is 0 Å². The molecule has 2 aromatic rings. The van der Waals surface area contributed by atoms with Gasteiger partial charge in [-0.2, -0.15) is 13.2 Å². The highest BCUT2D eigenvalue weighted by Gasteiger charge is 2.30. The minimum Gasteiger partial charge on any atom is -0.478 e. The molecule has 24 heavy (non-hydrogen) atoms. The molecule has 11 heteroatoms. The first-order valence-corrected chi connectivity index (χ1v) is 7.72. The lowest BCUT2D eigenvalue weighted by atomic mass is 10.2. The van der Waals surface area contributed by atoms with Gasteiger partial charge in [-0.1, -0.05) is 6.07 Å². The van der Waals surface area contributed by atoms with E-state index in [0.717, 1.165) is 24.3 Å². The predicted octanol–water partition coefficient (Wildman–Crippen LogP) is 2.10. The Hall–Kier alpha value is -2.66. The van der Waals surface area contributed by atoms with Crippen molar-refractivity contribution in [2.75, 3.05) is 5.43 Å². The van der Waals surface area contributed by atoms with Gasteiger partial charge in [0, 0.05) is 6.20 Å². The monoisotopic (exact) mass is 361 g/mol. The van der Waals surface area contributed by atoms with Gasteiger partial charge >= 0.3 is 12.1 Å². The number of nitrogens with zero attached hydrogens (tertiary/aromatic N) is 1. The summed E-state index contributed by atoms with van der Waals surface area (Å²) in [4.78, 5) is 15.8. The molecule has 0 spiro atoms. The maximum Gasteiger partial charge on any atom is 0.417 e. The summed E-state index contributed by atoms with van der Waals surface area (Å²) in [5, 5.41) is 8.84. The SMILES string of the molecule is O=C(O)c1cccc(S(=O)(=O)NNc2ccc(C(F)(F)F)cn2)c1. The quantitative estimate of drug-likeness (QED) is 0.704. The number of aromatic carboxylic acids is 1. The van der Waals surface area contributed by atoms with Crippen LogP contribution in [0.3, 0.4) is 0 Å². The molecule has 0 aliphatic carbocycles. The molecule has 128 valence electrons. The second kappa shape index (κ2) is 6.45. The maximum atomic E-state index is 12.4. The first kappa shape index (κ1) is 17.7. The second-order valence-electron chi connectivity index (χ2n) is 4.49. The third kappa shape index (κ3) is 4.20. The van der Waals surface area contributed by atoms with E-state index >= 15 is 0 Å². The molecule has 0 radical (unpaired) electrons. The summed E-state index contributed by atoms with van der Waals surface area (Å²) in [6, 6.07) is 6.23. The van der Waals surface area contributed by atoms with Crippen molar-refractivity contribution in [1.29, 1.82) is 0 Å². The zero-order chi connectivity index (χ0) is 18.0. The number of hydrogen-bond donors (Lipinski definition) is 3. The molecule has 0 aliphatic heterocycles. The molecule has 0 bridgehead atoms. The van der Waals surface area contributed by atoms with Crippen molar-refractivity contribution in [3.63, 3.8) is 0 Å². The molecule has 3 N–H and O–H groups in total. The molecule has 0 saturated carbocycles. The van der Waals surface area contributed by atoms with Crippen LogP contribution in [0.4, 0.5) is 19.0 Å². The van der Waals surface area contributed by atoms with Crippen molar-refractivity contribution in [3.05, 3.63) is 53.7 Å². The topological polar surface area (TPSA) is 108 Å². The molecule has 0 atom stereocenters. The fourth-order valence-corrected chi connectivity index (χ4v) is 2.51. The Bertz CT molecular complexity index is 852. The summed E-state index contributed by atoms with van der Waals surface area (Å²) in [6.45, 7) is 0. The molecule has 0 aliphatic rings. The van der Waals surface area contributed by atoms with Crippen molar-refractivity contribution in [2.24, 2.45) is 0 Å². The van der Waals surface area contributed by atoms with E-state index in [2.05, 4.69) is 10.4 Å². The first-order chi connectivity index (χ1) is 11.1. The van der Waals surface area contributed by atoms with Crippen LogP contribution >= 0.6 is 0 Å². The molecule has 2 rings (SSSR count). The number of benzene rings is 1. The maximum absolute atomic E-state index is 12.4. The number of hydrazine groups is 1. The molecule has 1 aromatic heterocycles. The van der Waals surface area contributed by atoms with Crippen molar-refractivity contribution in [1.82, 2.24) is 9.82 Å². The van der Waals surface area contributed by atoms with E-state index in [1.54, 1.807) is 0 Å². The summed E-state index contributed by atoms with van der Waals surface area (Å²) in [5.74, 6) is -1.47. The van der Waals surface area contributed by atoms with Gasteiger partial charge in [0.25, 0.3) is 10.0 Å². The van der Waals surface area contributed by atoms with Crippen LogP contribution in [-0.4, -0.2) is 24.5 Å². The lowest BCUT2D eigenvalue weighted by molar-refractivity contribution is -0.137.